The number of aromatic nitrogens is 1. The molecule has 14 heavy (non-hydrogen) atoms. The third-order valence-corrected chi connectivity index (χ3v) is 2.61. The van der Waals surface area contributed by atoms with E-state index in [0.717, 1.165) is 4.60 Å². The minimum Gasteiger partial charge on any atom is -0.324 e. The summed E-state index contributed by atoms with van der Waals surface area (Å²) in [6.45, 7) is 1.77. The maximum Gasteiger partial charge on any atom is 0.228 e. The van der Waals surface area contributed by atoms with Gasteiger partial charge in [-0.15, -0.1) is 11.6 Å². The Morgan fingerprint density at radius 3 is 2.93 bits per heavy atom. The van der Waals surface area contributed by atoms with E-state index in [0.29, 0.717) is 11.6 Å². The minimum absolute atomic E-state index is 0.0934. The Morgan fingerprint density at radius 2 is 2.43 bits per heavy atom. The highest BCUT2D eigenvalue weighted by atomic mass is 79.9. The number of nitrogens with zero attached hydrogens (tertiary/aromatic N) is 1. The number of hydrogen-bond acceptors (Lipinski definition) is 2. The molecule has 76 valence electrons. The SMILES string of the molecule is CC(CCl)C(=O)Nc1ccc(Br)nc1. The number of amides is 1. The Kier molecular flexibility index (Phi) is 4.35. The van der Waals surface area contributed by atoms with Crippen LogP contribution in [0.3, 0.4) is 0 Å². The Morgan fingerprint density at radius 1 is 1.71 bits per heavy atom. The number of halogens is 2. The molecule has 1 heterocycles. The minimum atomic E-state index is -0.194. The molecule has 3 nitrogen and oxygen atoms in total. The summed E-state index contributed by atoms with van der Waals surface area (Å²) >= 11 is 8.76. The van der Waals surface area contributed by atoms with Gasteiger partial charge in [0.15, 0.2) is 0 Å². The van der Waals surface area contributed by atoms with E-state index in [2.05, 4.69) is 26.2 Å². The van der Waals surface area contributed by atoms with Gasteiger partial charge >= 0.3 is 0 Å². The van der Waals surface area contributed by atoms with Gasteiger partial charge in [0, 0.05) is 11.8 Å². The highest BCUT2D eigenvalue weighted by Crippen LogP contribution is 2.11. The fourth-order valence-electron chi connectivity index (χ4n) is 0.785. The van der Waals surface area contributed by atoms with E-state index in [9.17, 15) is 4.79 Å². The van der Waals surface area contributed by atoms with Crippen LogP contribution in [0.1, 0.15) is 6.92 Å². The van der Waals surface area contributed by atoms with Gasteiger partial charge in [-0.2, -0.15) is 0 Å². The molecule has 1 atom stereocenters. The number of nitrogens with one attached hydrogen (secondary N) is 1. The first-order chi connectivity index (χ1) is 6.63. The third kappa shape index (κ3) is 3.27. The van der Waals surface area contributed by atoms with Crippen molar-refractivity contribution in [3.63, 3.8) is 0 Å². The lowest BCUT2D eigenvalue weighted by molar-refractivity contribution is -0.118. The summed E-state index contributed by atoms with van der Waals surface area (Å²) in [6, 6.07) is 3.54. The Hall–Kier alpha value is -0.610. The lowest BCUT2D eigenvalue weighted by Gasteiger charge is -2.08. The standard InChI is InChI=1S/C9H10BrClN2O/c1-6(4-11)9(14)13-7-2-3-8(10)12-5-7/h2-3,5-6H,4H2,1H3,(H,13,14). The zero-order valence-electron chi connectivity index (χ0n) is 7.63. The van der Waals surface area contributed by atoms with Crippen LogP contribution < -0.4 is 5.32 Å². The molecule has 1 rings (SSSR count). The Bertz CT molecular complexity index is 315. The van der Waals surface area contributed by atoms with Crippen LogP contribution in [0.4, 0.5) is 5.69 Å². The lowest BCUT2D eigenvalue weighted by Crippen LogP contribution is -2.21. The molecule has 0 aliphatic carbocycles. The smallest absolute Gasteiger partial charge is 0.228 e. The molecule has 0 radical (unpaired) electrons. The summed E-state index contributed by atoms with van der Waals surface area (Å²) in [6.07, 6.45) is 1.59. The van der Waals surface area contributed by atoms with Crippen LogP contribution in [0.2, 0.25) is 0 Å². The van der Waals surface area contributed by atoms with E-state index < -0.39 is 0 Å². The van der Waals surface area contributed by atoms with E-state index in [4.69, 9.17) is 11.6 Å². The predicted octanol–water partition coefficient (Wildman–Crippen LogP) is 2.66. The summed E-state index contributed by atoms with van der Waals surface area (Å²) in [7, 11) is 0. The van der Waals surface area contributed by atoms with Gasteiger partial charge in [-0.3, -0.25) is 4.79 Å². The van der Waals surface area contributed by atoms with E-state index in [-0.39, 0.29) is 11.8 Å². The van der Waals surface area contributed by atoms with Crippen LogP contribution in [-0.4, -0.2) is 16.8 Å². The summed E-state index contributed by atoms with van der Waals surface area (Å²) < 4.78 is 0.737. The van der Waals surface area contributed by atoms with Crippen LogP contribution in [0.25, 0.3) is 0 Å². The Balaban J connectivity index is 2.60. The molecule has 1 aromatic heterocycles. The third-order valence-electron chi connectivity index (χ3n) is 1.67. The van der Waals surface area contributed by atoms with Gasteiger partial charge in [0.2, 0.25) is 5.91 Å². The Labute approximate surface area is 96.0 Å². The van der Waals surface area contributed by atoms with Crippen LogP contribution in [-0.2, 0) is 4.79 Å². The molecule has 1 N–H and O–H groups in total. The van der Waals surface area contributed by atoms with E-state index in [1.165, 1.54) is 0 Å². The molecule has 5 heteroatoms. The monoisotopic (exact) mass is 276 g/mol. The zero-order chi connectivity index (χ0) is 10.6. The molecule has 1 aromatic rings. The number of anilines is 1. The van der Waals surface area contributed by atoms with Crippen molar-refractivity contribution in [2.45, 2.75) is 6.92 Å². The van der Waals surface area contributed by atoms with Crippen molar-refractivity contribution in [3.8, 4) is 0 Å². The molecule has 1 unspecified atom stereocenters. The first-order valence-corrected chi connectivity index (χ1v) is 5.44. The molecule has 0 aromatic carbocycles. The van der Waals surface area contributed by atoms with Crippen molar-refractivity contribution in [2.24, 2.45) is 5.92 Å². The molecular weight excluding hydrogens is 267 g/mol. The summed E-state index contributed by atoms with van der Waals surface area (Å²) in [5, 5.41) is 2.71. The molecular formula is C9H10BrClN2O. The lowest BCUT2D eigenvalue weighted by atomic mass is 10.2. The van der Waals surface area contributed by atoms with Gasteiger partial charge in [0.1, 0.15) is 4.60 Å². The molecule has 0 aliphatic heterocycles. The number of rotatable bonds is 3. The second kappa shape index (κ2) is 5.32. The number of carbonyl (C=O) groups excluding carboxylic acids is 1. The molecule has 1 amide bonds. The van der Waals surface area contributed by atoms with Crippen molar-refractivity contribution in [3.05, 3.63) is 22.9 Å². The number of pyridine rings is 1. The fourth-order valence-corrected chi connectivity index (χ4v) is 1.16. The van der Waals surface area contributed by atoms with Gasteiger partial charge in [-0.05, 0) is 28.1 Å². The van der Waals surface area contributed by atoms with Crippen molar-refractivity contribution >= 4 is 39.1 Å². The van der Waals surface area contributed by atoms with Crippen molar-refractivity contribution in [1.82, 2.24) is 4.98 Å². The highest BCUT2D eigenvalue weighted by molar-refractivity contribution is 9.10. The number of carbonyl (C=O) groups is 1. The average molecular weight is 278 g/mol. The van der Waals surface area contributed by atoms with Crippen LogP contribution in [0.15, 0.2) is 22.9 Å². The molecule has 0 aliphatic rings. The largest absolute Gasteiger partial charge is 0.324 e. The van der Waals surface area contributed by atoms with Crippen LogP contribution in [0.5, 0.6) is 0 Å². The van der Waals surface area contributed by atoms with Gasteiger partial charge in [-0.1, -0.05) is 6.92 Å². The fraction of sp³-hybridized carbons (Fsp3) is 0.333. The van der Waals surface area contributed by atoms with Gasteiger partial charge in [-0.25, -0.2) is 4.98 Å². The van der Waals surface area contributed by atoms with Gasteiger partial charge in [0.05, 0.1) is 11.9 Å². The molecule has 0 saturated carbocycles. The quantitative estimate of drug-likeness (QED) is 0.682. The zero-order valence-corrected chi connectivity index (χ0v) is 9.97. The predicted molar refractivity (Wildman–Crippen MR) is 60.5 cm³/mol. The van der Waals surface area contributed by atoms with Crippen molar-refractivity contribution in [1.29, 1.82) is 0 Å². The topological polar surface area (TPSA) is 42.0 Å². The van der Waals surface area contributed by atoms with E-state index >= 15 is 0 Å². The maximum absolute atomic E-state index is 11.4. The normalized spacial score (nSPS) is 12.2. The molecule has 0 spiro atoms. The van der Waals surface area contributed by atoms with Gasteiger partial charge in [0.25, 0.3) is 0 Å². The van der Waals surface area contributed by atoms with E-state index in [1.807, 2.05) is 0 Å². The van der Waals surface area contributed by atoms with Crippen molar-refractivity contribution < 1.29 is 4.79 Å². The van der Waals surface area contributed by atoms with Crippen LogP contribution >= 0.6 is 27.5 Å². The first-order valence-electron chi connectivity index (χ1n) is 4.12. The second-order valence-corrected chi connectivity index (χ2v) is 4.04. The molecule has 0 bridgehead atoms. The molecule has 0 saturated heterocycles. The first kappa shape index (κ1) is 11.5. The summed E-state index contributed by atoms with van der Waals surface area (Å²) in [5.41, 5.74) is 0.676. The van der Waals surface area contributed by atoms with Gasteiger partial charge < -0.3 is 5.32 Å². The van der Waals surface area contributed by atoms with E-state index in [1.54, 1.807) is 25.3 Å². The summed E-state index contributed by atoms with van der Waals surface area (Å²) in [5.74, 6) is 0.0277. The highest BCUT2D eigenvalue weighted by Gasteiger charge is 2.11. The molecule has 0 fully saturated rings. The maximum atomic E-state index is 11.4. The second-order valence-electron chi connectivity index (χ2n) is 2.91. The van der Waals surface area contributed by atoms with Crippen molar-refractivity contribution in [2.75, 3.05) is 11.2 Å². The number of alkyl halides is 1. The number of hydrogen-bond donors (Lipinski definition) is 1. The average Bonchev–Trinajstić information content (AvgIpc) is 2.20. The summed E-state index contributed by atoms with van der Waals surface area (Å²) in [4.78, 5) is 15.4. The van der Waals surface area contributed by atoms with Crippen LogP contribution in [0, 0.1) is 5.92 Å².